The van der Waals surface area contributed by atoms with Crippen LogP contribution in [-0.4, -0.2) is 31.6 Å². The highest BCUT2D eigenvalue weighted by Gasteiger charge is 2.14. The van der Waals surface area contributed by atoms with Crippen LogP contribution in [0.4, 0.5) is 0 Å². The minimum absolute atomic E-state index is 0.440. The first-order chi connectivity index (χ1) is 10.1. The SMILES string of the molecule is CCCCCN(C)CC(NCCC)c1cc(C)cc(C)c1. The molecule has 1 aromatic carbocycles. The summed E-state index contributed by atoms with van der Waals surface area (Å²) in [6.45, 7) is 12.3. The normalized spacial score (nSPS) is 12.9. The van der Waals surface area contributed by atoms with Crippen LogP contribution < -0.4 is 5.32 Å². The van der Waals surface area contributed by atoms with Crippen molar-refractivity contribution in [3.8, 4) is 0 Å². The molecule has 1 aromatic rings. The highest BCUT2D eigenvalue weighted by molar-refractivity contribution is 5.30. The lowest BCUT2D eigenvalue weighted by Crippen LogP contribution is -2.34. The summed E-state index contributed by atoms with van der Waals surface area (Å²) in [7, 11) is 2.25. The average Bonchev–Trinajstić information content (AvgIpc) is 2.42. The van der Waals surface area contributed by atoms with Gasteiger partial charge in [0.15, 0.2) is 0 Å². The van der Waals surface area contributed by atoms with Crippen molar-refractivity contribution in [2.45, 2.75) is 59.4 Å². The van der Waals surface area contributed by atoms with Crippen LogP contribution in [-0.2, 0) is 0 Å². The summed E-state index contributed by atoms with van der Waals surface area (Å²) in [6.07, 6.45) is 5.12. The first-order valence-electron chi connectivity index (χ1n) is 8.57. The molecule has 0 amide bonds. The van der Waals surface area contributed by atoms with Gasteiger partial charge in [-0.2, -0.15) is 0 Å². The lowest BCUT2D eigenvalue weighted by atomic mass is 10.0. The van der Waals surface area contributed by atoms with Crippen LogP contribution in [0.2, 0.25) is 0 Å². The quantitative estimate of drug-likeness (QED) is 0.640. The number of unbranched alkanes of at least 4 members (excludes halogenated alkanes) is 2. The van der Waals surface area contributed by atoms with E-state index in [4.69, 9.17) is 0 Å². The molecule has 1 rings (SSSR count). The molecule has 0 fully saturated rings. The molecule has 0 saturated carbocycles. The second-order valence-electron chi connectivity index (χ2n) is 6.40. The fourth-order valence-corrected chi connectivity index (χ4v) is 2.85. The molecule has 0 bridgehead atoms. The van der Waals surface area contributed by atoms with Gasteiger partial charge in [0.2, 0.25) is 0 Å². The smallest absolute Gasteiger partial charge is 0.0449 e. The van der Waals surface area contributed by atoms with Crippen LogP contribution in [0.25, 0.3) is 0 Å². The van der Waals surface area contributed by atoms with E-state index in [0.717, 1.165) is 13.1 Å². The molecule has 0 radical (unpaired) electrons. The fraction of sp³-hybridized carbons (Fsp3) is 0.684. The number of nitrogens with zero attached hydrogens (tertiary/aromatic N) is 1. The van der Waals surface area contributed by atoms with Crippen molar-refractivity contribution >= 4 is 0 Å². The molecule has 120 valence electrons. The molecule has 0 spiro atoms. The lowest BCUT2D eigenvalue weighted by molar-refractivity contribution is 0.284. The van der Waals surface area contributed by atoms with E-state index in [-0.39, 0.29) is 0 Å². The highest BCUT2D eigenvalue weighted by atomic mass is 15.1. The number of likely N-dealkylation sites (N-methyl/N-ethyl adjacent to an activating group) is 1. The molecular weight excluding hydrogens is 256 g/mol. The minimum atomic E-state index is 0.440. The molecule has 1 N–H and O–H groups in total. The van der Waals surface area contributed by atoms with Crippen molar-refractivity contribution in [3.63, 3.8) is 0 Å². The van der Waals surface area contributed by atoms with Crippen LogP contribution in [0.3, 0.4) is 0 Å². The molecule has 0 aliphatic carbocycles. The van der Waals surface area contributed by atoms with Gasteiger partial charge in [-0.25, -0.2) is 0 Å². The van der Waals surface area contributed by atoms with Gasteiger partial charge in [-0.3, -0.25) is 0 Å². The largest absolute Gasteiger partial charge is 0.309 e. The van der Waals surface area contributed by atoms with Gasteiger partial charge in [-0.15, -0.1) is 0 Å². The summed E-state index contributed by atoms with van der Waals surface area (Å²) in [5.41, 5.74) is 4.16. The summed E-state index contributed by atoms with van der Waals surface area (Å²) in [4.78, 5) is 2.47. The van der Waals surface area contributed by atoms with Crippen molar-refractivity contribution in [1.82, 2.24) is 10.2 Å². The molecule has 2 nitrogen and oxygen atoms in total. The van der Waals surface area contributed by atoms with E-state index in [1.807, 2.05) is 0 Å². The second kappa shape index (κ2) is 9.97. The van der Waals surface area contributed by atoms with Gasteiger partial charge in [0.1, 0.15) is 0 Å². The molecule has 0 aliphatic rings. The first kappa shape index (κ1) is 18.2. The molecule has 1 unspecified atom stereocenters. The van der Waals surface area contributed by atoms with E-state index in [0.29, 0.717) is 6.04 Å². The van der Waals surface area contributed by atoms with Crippen LogP contribution in [0.5, 0.6) is 0 Å². The van der Waals surface area contributed by atoms with Crippen molar-refractivity contribution in [2.75, 3.05) is 26.7 Å². The number of aryl methyl sites for hydroxylation is 2. The van der Waals surface area contributed by atoms with Crippen LogP contribution in [0, 0.1) is 13.8 Å². The minimum Gasteiger partial charge on any atom is -0.309 e. The maximum atomic E-state index is 3.72. The maximum absolute atomic E-state index is 3.72. The molecule has 0 aliphatic heterocycles. The third-order valence-corrected chi connectivity index (χ3v) is 3.92. The molecule has 0 saturated heterocycles. The Balaban J connectivity index is 2.70. The number of rotatable bonds is 10. The first-order valence-corrected chi connectivity index (χ1v) is 8.57. The third-order valence-electron chi connectivity index (χ3n) is 3.92. The summed E-state index contributed by atoms with van der Waals surface area (Å²) in [5, 5.41) is 3.72. The molecule has 2 heteroatoms. The van der Waals surface area contributed by atoms with Gasteiger partial charge in [-0.1, -0.05) is 56.0 Å². The predicted molar refractivity (Wildman–Crippen MR) is 94.0 cm³/mol. The van der Waals surface area contributed by atoms with E-state index in [1.165, 1.54) is 48.9 Å². The van der Waals surface area contributed by atoms with E-state index >= 15 is 0 Å². The van der Waals surface area contributed by atoms with Crippen molar-refractivity contribution in [3.05, 3.63) is 34.9 Å². The fourth-order valence-electron chi connectivity index (χ4n) is 2.85. The summed E-state index contributed by atoms with van der Waals surface area (Å²) in [5.74, 6) is 0. The van der Waals surface area contributed by atoms with E-state index in [2.05, 4.69) is 63.2 Å². The number of nitrogens with one attached hydrogen (secondary N) is 1. The lowest BCUT2D eigenvalue weighted by Gasteiger charge is -2.26. The molecule has 0 aromatic heterocycles. The van der Waals surface area contributed by atoms with Crippen molar-refractivity contribution < 1.29 is 0 Å². The summed E-state index contributed by atoms with van der Waals surface area (Å²) < 4.78 is 0. The zero-order valence-corrected chi connectivity index (χ0v) is 14.7. The van der Waals surface area contributed by atoms with Gasteiger partial charge in [-0.05, 0) is 52.4 Å². The number of benzene rings is 1. The Labute approximate surface area is 131 Å². The van der Waals surface area contributed by atoms with Crippen molar-refractivity contribution in [2.24, 2.45) is 0 Å². The molecule has 0 heterocycles. The van der Waals surface area contributed by atoms with Gasteiger partial charge in [0.25, 0.3) is 0 Å². The standard InChI is InChI=1S/C19H34N2/c1-6-8-9-11-21(5)15-19(20-10-7-2)18-13-16(3)12-17(4)14-18/h12-14,19-20H,6-11,15H2,1-5H3. The Kier molecular flexibility index (Phi) is 8.63. The van der Waals surface area contributed by atoms with E-state index in [1.54, 1.807) is 0 Å². The van der Waals surface area contributed by atoms with Crippen LogP contribution in [0.15, 0.2) is 18.2 Å². The van der Waals surface area contributed by atoms with Gasteiger partial charge in [0.05, 0.1) is 0 Å². The zero-order chi connectivity index (χ0) is 15.7. The highest BCUT2D eigenvalue weighted by Crippen LogP contribution is 2.18. The Morgan fingerprint density at radius 2 is 1.67 bits per heavy atom. The van der Waals surface area contributed by atoms with Crippen LogP contribution in [0.1, 0.15) is 62.3 Å². The van der Waals surface area contributed by atoms with Crippen molar-refractivity contribution in [1.29, 1.82) is 0 Å². The topological polar surface area (TPSA) is 15.3 Å². The average molecular weight is 290 g/mol. The maximum Gasteiger partial charge on any atom is 0.0449 e. The van der Waals surface area contributed by atoms with Gasteiger partial charge >= 0.3 is 0 Å². The van der Waals surface area contributed by atoms with Gasteiger partial charge < -0.3 is 10.2 Å². The second-order valence-corrected chi connectivity index (χ2v) is 6.40. The zero-order valence-electron chi connectivity index (χ0n) is 14.7. The molecular formula is C19H34N2. The third kappa shape index (κ3) is 7.10. The Morgan fingerprint density at radius 1 is 1.00 bits per heavy atom. The van der Waals surface area contributed by atoms with Crippen LogP contribution >= 0.6 is 0 Å². The Bertz CT molecular complexity index is 380. The monoisotopic (exact) mass is 290 g/mol. The predicted octanol–water partition coefficient (Wildman–Crippen LogP) is 4.47. The summed E-state index contributed by atoms with van der Waals surface area (Å²) in [6, 6.07) is 7.36. The molecule has 21 heavy (non-hydrogen) atoms. The van der Waals surface area contributed by atoms with Gasteiger partial charge in [0, 0.05) is 12.6 Å². The Morgan fingerprint density at radius 3 is 2.24 bits per heavy atom. The molecule has 1 atom stereocenters. The van der Waals surface area contributed by atoms with E-state index < -0.39 is 0 Å². The number of hydrogen-bond acceptors (Lipinski definition) is 2. The number of hydrogen-bond donors (Lipinski definition) is 1. The van der Waals surface area contributed by atoms with E-state index in [9.17, 15) is 0 Å². The Hall–Kier alpha value is -0.860. The summed E-state index contributed by atoms with van der Waals surface area (Å²) >= 11 is 0.